The second-order valence-corrected chi connectivity index (χ2v) is 6.67. The maximum Gasteiger partial charge on any atom is 0.259 e. The average Bonchev–Trinajstić information content (AvgIpc) is 2.96. The molecule has 1 aromatic heterocycles. The largest absolute Gasteiger partial charge is 0.360 e. The van der Waals surface area contributed by atoms with Crippen molar-refractivity contribution in [3.05, 3.63) is 40.6 Å². The van der Waals surface area contributed by atoms with Gasteiger partial charge in [-0.3, -0.25) is 4.79 Å². The number of aryl methyl sites for hydroxylation is 1. The predicted molar refractivity (Wildman–Crippen MR) is 94.2 cm³/mol. The lowest BCUT2D eigenvalue weighted by Crippen LogP contribution is -2.42. The molecule has 2 aromatic rings. The number of aromatic nitrogens is 1. The van der Waals surface area contributed by atoms with E-state index in [1.807, 2.05) is 30.1 Å². The molecule has 1 aliphatic heterocycles. The van der Waals surface area contributed by atoms with Crippen molar-refractivity contribution in [3.63, 3.8) is 0 Å². The van der Waals surface area contributed by atoms with Crippen molar-refractivity contribution in [1.29, 1.82) is 0 Å². The van der Waals surface area contributed by atoms with Crippen molar-refractivity contribution in [2.75, 3.05) is 26.7 Å². The van der Waals surface area contributed by atoms with Crippen molar-refractivity contribution in [2.45, 2.75) is 19.8 Å². The molecule has 0 spiro atoms. The lowest BCUT2D eigenvalue weighted by Gasteiger charge is -2.32. The van der Waals surface area contributed by atoms with Gasteiger partial charge in [-0.1, -0.05) is 35.0 Å². The zero-order valence-electron chi connectivity index (χ0n) is 14.0. The van der Waals surface area contributed by atoms with Crippen LogP contribution in [0.25, 0.3) is 11.3 Å². The van der Waals surface area contributed by atoms with Gasteiger partial charge >= 0.3 is 0 Å². The third kappa shape index (κ3) is 3.32. The number of hydrogen-bond acceptors (Lipinski definition) is 4. The molecule has 1 saturated heterocycles. The number of rotatable bonds is 4. The monoisotopic (exact) mass is 347 g/mol. The summed E-state index contributed by atoms with van der Waals surface area (Å²) in [7, 11) is 1.94. The van der Waals surface area contributed by atoms with Crippen molar-refractivity contribution in [3.8, 4) is 11.3 Å². The van der Waals surface area contributed by atoms with Gasteiger partial charge < -0.3 is 14.7 Å². The molecule has 0 saturated carbocycles. The zero-order chi connectivity index (χ0) is 17.1. The summed E-state index contributed by atoms with van der Waals surface area (Å²) in [6.07, 6.45) is 2.16. The molecule has 128 valence electrons. The second-order valence-electron chi connectivity index (χ2n) is 6.26. The van der Waals surface area contributed by atoms with Gasteiger partial charge in [-0.25, -0.2) is 0 Å². The number of benzene rings is 1. The summed E-state index contributed by atoms with van der Waals surface area (Å²) in [5.74, 6) is 0.992. The smallest absolute Gasteiger partial charge is 0.259 e. The fraction of sp³-hybridized carbons (Fsp3) is 0.444. The highest BCUT2D eigenvalue weighted by molar-refractivity contribution is 6.33. The number of carbonyl (C=O) groups excluding carboxylic acids is 1. The van der Waals surface area contributed by atoms with Crippen LogP contribution >= 0.6 is 11.6 Å². The molecule has 5 nitrogen and oxygen atoms in total. The summed E-state index contributed by atoms with van der Waals surface area (Å²) in [6.45, 7) is 4.22. The minimum atomic E-state index is -0.0236. The summed E-state index contributed by atoms with van der Waals surface area (Å²) in [4.78, 5) is 15.0. The molecule has 0 bridgehead atoms. The van der Waals surface area contributed by atoms with Gasteiger partial charge in [0.1, 0.15) is 17.0 Å². The van der Waals surface area contributed by atoms with Crippen LogP contribution < -0.4 is 5.32 Å². The number of halogens is 1. The van der Waals surface area contributed by atoms with Crippen LogP contribution in [0.4, 0.5) is 0 Å². The highest BCUT2D eigenvalue weighted by Gasteiger charge is 2.30. The minimum absolute atomic E-state index is 0.0236. The van der Waals surface area contributed by atoms with Crippen LogP contribution in [-0.2, 0) is 0 Å². The molecular weight excluding hydrogens is 326 g/mol. The first-order chi connectivity index (χ1) is 11.6. The summed E-state index contributed by atoms with van der Waals surface area (Å²) in [5.41, 5.74) is 1.77. The SMILES string of the molecule is CNCC1CCCN(C(=O)c2c(-c3ccccc3Cl)noc2C)C1. The Kier molecular flexibility index (Phi) is 5.21. The van der Waals surface area contributed by atoms with Crippen LogP contribution in [0.3, 0.4) is 0 Å². The Hall–Kier alpha value is -1.85. The molecule has 1 aliphatic rings. The first-order valence-corrected chi connectivity index (χ1v) is 8.64. The molecule has 1 atom stereocenters. The van der Waals surface area contributed by atoms with E-state index in [2.05, 4.69) is 10.5 Å². The number of nitrogens with zero attached hydrogens (tertiary/aromatic N) is 2. The van der Waals surface area contributed by atoms with Crippen LogP contribution in [0.2, 0.25) is 5.02 Å². The van der Waals surface area contributed by atoms with E-state index in [1.165, 1.54) is 0 Å². The van der Waals surface area contributed by atoms with Gasteiger partial charge in [-0.05, 0) is 45.3 Å². The number of piperidine rings is 1. The third-order valence-electron chi connectivity index (χ3n) is 4.50. The average molecular weight is 348 g/mol. The Balaban J connectivity index is 1.91. The summed E-state index contributed by atoms with van der Waals surface area (Å²) in [6, 6.07) is 7.38. The van der Waals surface area contributed by atoms with Crippen LogP contribution in [0.1, 0.15) is 29.0 Å². The van der Waals surface area contributed by atoms with Crippen LogP contribution in [-0.4, -0.2) is 42.6 Å². The van der Waals surface area contributed by atoms with E-state index in [4.69, 9.17) is 16.1 Å². The fourth-order valence-corrected chi connectivity index (χ4v) is 3.55. The predicted octanol–water partition coefficient (Wildman–Crippen LogP) is 3.38. The summed E-state index contributed by atoms with van der Waals surface area (Å²) in [5, 5.41) is 7.86. The first-order valence-electron chi connectivity index (χ1n) is 8.27. The van der Waals surface area contributed by atoms with Crippen LogP contribution in [0, 0.1) is 12.8 Å². The van der Waals surface area contributed by atoms with E-state index < -0.39 is 0 Å². The van der Waals surface area contributed by atoms with Crippen molar-refractivity contribution < 1.29 is 9.32 Å². The van der Waals surface area contributed by atoms with Gasteiger partial charge in [-0.15, -0.1) is 0 Å². The molecule has 6 heteroatoms. The van der Waals surface area contributed by atoms with Crippen molar-refractivity contribution in [1.82, 2.24) is 15.4 Å². The quantitative estimate of drug-likeness (QED) is 0.921. The van der Waals surface area contributed by atoms with Gasteiger partial charge in [-0.2, -0.15) is 0 Å². The van der Waals surface area contributed by atoms with Crippen molar-refractivity contribution in [2.24, 2.45) is 5.92 Å². The second kappa shape index (κ2) is 7.36. The van der Waals surface area contributed by atoms with E-state index in [0.29, 0.717) is 28.0 Å². The Morgan fingerprint density at radius 2 is 2.25 bits per heavy atom. The molecule has 1 N–H and O–H groups in total. The summed E-state index contributed by atoms with van der Waals surface area (Å²) >= 11 is 6.28. The molecule has 0 radical (unpaired) electrons. The van der Waals surface area contributed by atoms with Gasteiger partial charge in [0, 0.05) is 18.7 Å². The Bertz CT molecular complexity index is 727. The molecule has 0 aliphatic carbocycles. The third-order valence-corrected chi connectivity index (χ3v) is 4.83. The van der Waals surface area contributed by atoms with Crippen LogP contribution in [0.15, 0.2) is 28.8 Å². The van der Waals surface area contributed by atoms with Crippen molar-refractivity contribution >= 4 is 17.5 Å². The standard InChI is InChI=1S/C18H22ClN3O2/c1-12-16(17(21-24-12)14-7-3-4-8-15(14)19)18(23)22-9-5-6-13(11-22)10-20-2/h3-4,7-8,13,20H,5-6,9-11H2,1-2H3. The maximum atomic E-state index is 13.1. The van der Waals surface area contributed by atoms with E-state index in [9.17, 15) is 4.79 Å². The van der Waals surface area contributed by atoms with Gasteiger partial charge in [0.05, 0.1) is 5.02 Å². The molecule has 3 rings (SSSR count). The molecule has 24 heavy (non-hydrogen) atoms. The van der Waals surface area contributed by atoms with E-state index in [0.717, 1.165) is 38.0 Å². The number of hydrogen-bond donors (Lipinski definition) is 1. The fourth-order valence-electron chi connectivity index (χ4n) is 3.32. The van der Waals surface area contributed by atoms with Gasteiger partial charge in [0.25, 0.3) is 5.91 Å². The Labute approximate surface area is 147 Å². The molecular formula is C18H22ClN3O2. The number of nitrogens with one attached hydrogen (secondary N) is 1. The lowest BCUT2D eigenvalue weighted by atomic mass is 9.96. The molecule has 1 amide bonds. The number of amides is 1. The molecule has 1 aromatic carbocycles. The van der Waals surface area contributed by atoms with E-state index in [1.54, 1.807) is 13.0 Å². The first kappa shape index (κ1) is 17.0. The normalized spacial score (nSPS) is 18.0. The lowest BCUT2D eigenvalue weighted by molar-refractivity contribution is 0.0673. The highest BCUT2D eigenvalue weighted by atomic mass is 35.5. The summed E-state index contributed by atoms with van der Waals surface area (Å²) < 4.78 is 5.32. The number of carbonyl (C=O) groups is 1. The molecule has 2 heterocycles. The van der Waals surface area contributed by atoms with E-state index >= 15 is 0 Å². The maximum absolute atomic E-state index is 13.1. The number of likely N-dealkylation sites (tertiary alicyclic amines) is 1. The molecule has 1 fully saturated rings. The molecule has 1 unspecified atom stereocenters. The zero-order valence-corrected chi connectivity index (χ0v) is 14.8. The Morgan fingerprint density at radius 3 is 3.00 bits per heavy atom. The van der Waals surface area contributed by atoms with E-state index in [-0.39, 0.29) is 5.91 Å². The Morgan fingerprint density at radius 1 is 1.46 bits per heavy atom. The van der Waals surface area contributed by atoms with Gasteiger partial charge in [0.2, 0.25) is 0 Å². The minimum Gasteiger partial charge on any atom is -0.360 e. The topological polar surface area (TPSA) is 58.4 Å². The highest BCUT2D eigenvalue weighted by Crippen LogP contribution is 2.32. The van der Waals surface area contributed by atoms with Gasteiger partial charge in [0.15, 0.2) is 0 Å². The van der Waals surface area contributed by atoms with Crippen LogP contribution in [0.5, 0.6) is 0 Å².